The summed E-state index contributed by atoms with van der Waals surface area (Å²) >= 11 is 12.3. The largest absolute Gasteiger partial charge is 0.411 e. The Morgan fingerprint density at radius 2 is 1.19 bits per heavy atom. The highest BCUT2D eigenvalue weighted by molar-refractivity contribution is 6.42. The average Bonchev–Trinajstić information content (AvgIpc) is 2.83. The van der Waals surface area contributed by atoms with Crippen LogP contribution in [0.1, 0.15) is 22.5 Å². The SMILES string of the molecule is ON=C(Cc1nc2cc(Cl)c(Cl)cc2nc1CC(=NO)c1cccnc1)c1cccnc1. The van der Waals surface area contributed by atoms with Gasteiger partial charge in [-0.15, -0.1) is 0 Å². The Morgan fingerprint density at radius 3 is 1.53 bits per heavy atom. The van der Waals surface area contributed by atoms with Gasteiger partial charge < -0.3 is 10.4 Å². The van der Waals surface area contributed by atoms with Crippen molar-refractivity contribution in [3.05, 3.63) is 93.7 Å². The Kier molecular flexibility index (Phi) is 6.53. The second-order valence-corrected chi connectivity index (χ2v) is 7.62. The standard InChI is InChI=1S/C22H16Cl2N6O2/c23-15-7-19-20(8-16(15)24)28-22(10-18(30-32)14-4-2-6-26-12-14)21(27-19)9-17(29-31)13-3-1-5-25-11-13/h1-8,11-12,31-32H,9-10H2. The van der Waals surface area contributed by atoms with Crippen molar-refractivity contribution in [2.45, 2.75) is 12.8 Å². The van der Waals surface area contributed by atoms with E-state index in [1.807, 2.05) is 0 Å². The molecule has 2 N–H and O–H groups in total. The molecule has 3 heterocycles. The van der Waals surface area contributed by atoms with Crippen molar-refractivity contribution in [2.75, 3.05) is 0 Å². The molecule has 0 amide bonds. The molecule has 4 rings (SSSR count). The Hall–Kier alpha value is -3.62. The zero-order chi connectivity index (χ0) is 22.5. The molecule has 160 valence electrons. The van der Waals surface area contributed by atoms with E-state index < -0.39 is 0 Å². The topological polar surface area (TPSA) is 117 Å². The van der Waals surface area contributed by atoms with Gasteiger partial charge in [-0.2, -0.15) is 0 Å². The third kappa shape index (κ3) is 4.66. The third-order valence-corrected chi connectivity index (χ3v) is 5.48. The zero-order valence-electron chi connectivity index (χ0n) is 16.5. The van der Waals surface area contributed by atoms with E-state index in [0.717, 1.165) is 0 Å². The van der Waals surface area contributed by atoms with Crippen LogP contribution in [0.5, 0.6) is 0 Å². The van der Waals surface area contributed by atoms with Crippen molar-refractivity contribution in [3.8, 4) is 0 Å². The van der Waals surface area contributed by atoms with Gasteiger partial charge in [0.25, 0.3) is 0 Å². The monoisotopic (exact) mass is 466 g/mol. The molecule has 0 saturated carbocycles. The molecule has 3 aromatic heterocycles. The molecule has 0 spiro atoms. The number of aromatic nitrogens is 4. The van der Waals surface area contributed by atoms with Gasteiger partial charge in [0.05, 0.1) is 43.9 Å². The molecule has 1 aromatic carbocycles. The zero-order valence-corrected chi connectivity index (χ0v) is 18.0. The molecule has 0 atom stereocenters. The number of benzene rings is 1. The summed E-state index contributed by atoms with van der Waals surface area (Å²) in [5.74, 6) is 0. The Bertz CT molecular complexity index is 1210. The van der Waals surface area contributed by atoms with Crippen LogP contribution in [0.25, 0.3) is 11.0 Å². The number of hydrogen-bond acceptors (Lipinski definition) is 8. The van der Waals surface area contributed by atoms with E-state index in [9.17, 15) is 10.4 Å². The molecule has 4 aromatic rings. The van der Waals surface area contributed by atoms with Crippen LogP contribution in [0.15, 0.2) is 71.5 Å². The van der Waals surface area contributed by atoms with Crippen LogP contribution in [0.4, 0.5) is 0 Å². The van der Waals surface area contributed by atoms with Gasteiger partial charge in [-0.25, -0.2) is 9.97 Å². The fourth-order valence-corrected chi connectivity index (χ4v) is 3.50. The molecule has 0 aliphatic heterocycles. The van der Waals surface area contributed by atoms with Crippen molar-refractivity contribution in [3.63, 3.8) is 0 Å². The Morgan fingerprint density at radius 1 is 0.750 bits per heavy atom. The van der Waals surface area contributed by atoms with E-state index in [4.69, 9.17) is 33.2 Å². The lowest BCUT2D eigenvalue weighted by Crippen LogP contribution is -2.15. The first-order valence-corrected chi connectivity index (χ1v) is 10.2. The van der Waals surface area contributed by atoms with Gasteiger partial charge in [0.1, 0.15) is 0 Å². The maximum atomic E-state index is 9.63. The molecule has 0 aliphatic carbocycles. The van der Waals surface area contributed by atoms with E-state index >= 15 is 0 Å². The summed E-state index contributed by atoms with van der Waals surface area (Å²) < 4.78 is 0. The number of nitrogens with zero attached hydrogens (tertiary/aromatic N) is 6. The minimum atomic E-state index is 0.159. The summed E-state index contributed by atoms with van der Waals surface area (Å²) in [4.78, 5) is 17.5. The second kappa shape index (κ2) is 9.67. The first-order chi connectivity index (χ1) is 15.6. The molecule has 10 heteroatoms. The van der Waals surface area contributed by atoms with Crippen molar-refractivity contribution < 1.29 is 10.4 Å². The summed E-state index contributed by atoms with van der Waals surface area (Å²) in [7, 11) is 0. The van der Waals surface area contributed by atoms with Gasteiger partial charge in [0, 0.05) is 48.8 Å². The molecule has 32 heavy (non-hydrogen) atoms. The van der Waals surface area contributed by atoms with Crippen molar-refractivity contribution in [1.82, 2.24) is 19.9 Å². The van der Waals surface area contributed by atoms with Crippen LogP contribution >= 0.6 is 23.2 Å². The lowest BCUT2D eigenvalue weighted by atomic mass is 10.0. The summed E-state index contributed by atoms with van der Waals surface area (Å²) in [5, 5.41) is 26.8. The smallest absolute Gasteiger partial charge is 0.0943 e. The van der Waals surface area contributed by atoms with Gasteiger partial charge in [-0.1, -0.05) is 33.5 Å². The van der Waals surface area contributed by atoms with E-state index in [-0.39, 0.29) is 12.8 Å². The fraction of sp³-hybridized carbons (Fsp3) is 0.0909. The fourth-order valence-electron chi connectivity index (χ4n) is 3.18. The molecule has 0 fully saturated rings. The molecular weight excluding hydrogens is 451 g/mol. The van der Waals surface area contributed by atoms with Gasteiger partial charge in [-0.05, 0) is 36.4 Å². The molecule has 0 unspecified atom stereocenters. The predicted molar refractivity (Wildman–Crippen MR) is 122 cm³/mol. The summed E-state index contributed by atoms with van der Waals surface area (Å²) in [6.07, 6.45) is 6.76. The first kappa shape index (κ1) is 21.6. The molecular formula is C22H16Cl2N6O2. The number of fused-ring (bicyclic) bond motifs is 1. The number of hydrogen-bond donors (Lipinski definition) is 2. The van der Waals surface area contributed by atoms with E-state index in [0.29, 0.717) is 55.0 Å². The second-order valence-electron chi connectivity index (χ2n) is 6.80. The normalized spacial score (nSPS) is 12.3. The Balaban J connectivity index is 1.81. The average molecular weight is 467 g/mol. The molecule has 0 radical (unpaired) electrons. The van der Waals surface area contributed by atoms with Crippen molar-refractivity contribution in [1.29, 1.82) is 0 Å². The summed E-state index contributed by atoms with van der Waals surface area (Å²) in [6.45, 7) is 0. The van der Waals surface area contributed by atoms with Crippen LogP contribution in [-0.4, -0.2) is 41.8 Å². The molecule has 8 nitrogen and oxygen atoms in total. The van der Waals surface area contributed by atoms with Gasteiger partial charge >= 0.3 is 0 Å². The maximum Gasteiger partial charge on any atom is 0.0943 e. The Labute approximate surface area is 192 Å². The lowest BCUT2D eigenvalue weighted by molar-refractivity contribution is 0.318. The quantitative estimate of drug-likeness (QED) is 0.244. The number of pyridine rings is 2. The van der Waals surface area contributed by atoms with E-state index in [1.165, 1.54) is 0 Å². The van der Waals surface area contributed by atoms with Gasteiger partial charge in [-0.3, -0.25) is 9.97 Å². The maximum absolute atomic E-state index is 9.63. The predicted octanol–water partition coefficient (Wildman–Crippen LogP) is 4.57. The lowest BCUT2D eigenvalue weighted by Gasteiger charge is -2.12. The minimum Gasteiger partial charge on any atom is -0.411 e. The van der Waals surface area contributed by atoms with Crippen LogP contribution < -0.4 is 0 Å². The molecule has 0 bridgehead atoms. The summed E-state index contributed by atoms with van der Waals surface area (Å²) in [6, 6.07) is 10.3. The van der Waals surface area contributed by atoms with E-state index in [1.54, 1.807) is 61.2 Å². The van der Waals surface area contributed by atoms with Crippen molar-refractivity contribution >= 4 is 45.7 Å². The van der Waals surface area contributed by atoms with Crippen LogP contribution in [0, 0.1) is 0 Å². The van der Waals surface area contributed by atoms with Crippen molar-refractivity contribution in [2.24, 2.45) is 10.3 Å². The highest BCUT2D eigenvalue weighted by atomic mass is 35.5. The number of oxime groups is 2. The highest BCUT2D eigenvalue weighted by Gasteiger charge is 2.18. The first-order valence-electron chi connectivity index (χ1n) is 9.46. The van der Waals surface area contributed by atoms with Crippen LogP contribution in [0.2, 0.25) is 10.0 Å². The van der Waals surface area contributed by atoms with Gasteiger partial charge in [0.15, 0.2) is 0 Å². The van der Waals surface area contributed by atoms with E-state index in [2.05, 4.69) is 20.3 Å². The minimum absolute atomic E-state index is 0.159. The number of rotatable bonds is 6. The molecule has 0 aliphatic rings. The summed E-state index contributed by atoms with van der Waals surface area (Å²) in [5.41, 5.74) is 4.11. The van der Waals surface area contributed by atoms with Crippen LogP contribution in [-0.2, 0) is 12.8 Å². The third-order valence-electron chi connectivity index (χ3n) is 4.76. The van der Waals surface area contributed by atoms with Gasteiger partial charge in [0.2, 0.25) is 0 Å². The highest BCUT2D eigenvalue weighted by Crippen LogP contribution is 2.27. The van der Waals surface area contributed by atoms with Crippen LogP contribution in [0.3, 0.4) is 0 Å². The molecule has 0 saturated heterocycles. The number of halogens is 2.